The van der Waals surface area contributed by atoms with Gasteiger partial charge in [-0.2, -0.15) is 8.42 Å². The van der Waals surface area contributed by atoms with E-state index in [0.29, 0.717) is 0 Å². The van der Waals surface area contributed by atoms with E-state index in [2.05, 4.69) is 0 Å². The molecule has 0 aliphatic heterocycles. The molecule has 0 bridgehead atoms. The summed E-state index contributed by atoms with van der Waals surface area (Å²) in [6.07, 6.45) is 0. The number of hydrogen-bond acceptors (Lipinski definition) is 3. The maximum atomic E-state index is 12.5. The molecule has 0 fully saturated rings. The summed E-state index contributed by atoms with van der Waals surface area (Å²) in [5.41, 5.74) is -0.131. The van der Waals surface area contributed by atoms with Crippen molar-refractivity contribution < 1.29 is 12.3 Å². The first-order valence-corrected chi connectivity index (χ1v) is 6.01. The Morgan fingerprint density at radius 1 is 1.38 bits per heavy atom. The van der Waals surface area contributed by atoms with Crippen LogP contribution in [-0.2, 0) is 15.6 Å². The topological polar surface area (TPSA) is 34.1 Å². The predicted octanol–water partition coefficient (Wildman–Crippen LogP) is 2.70. The number of halogens is 1. The molecule has 1 heterocycles. The Labute approximate surface area is 81.6 Å². The van der Waals surface area contributed by atoms with Crippen LogP contribution in [0.1, 0.15) is 25.6 Å². The average Bonchev–Trinajstić information content (AvgIpc) is 2.28. The van der Waals surface area contributed by atoms with Gasteiger partial charge in [0.05, 0.1) is 0 Å². The van der Waals surface area contributed by atoms with Crippen molar-refractivity contribution in [1.82, 2.24) is 0 Å². The van der Waals surface area contributed by atoms with Crippen LogP contribution in [0.5, 0.6) is 0 Å². The van der Waals surface area contributed by atoms with Crippen molar-refractivity contribution in [1.29, 1.82) is 0 Å². The van der Waals surface area contributed by atoms with Crippen molar-refractivity contribution in [2.45, 2.75) is 31.1 Å². The molecule has 0 aliphatic carbocycles. The Morgan fingerprint density at radius 2 is 1.92 bits per heavy atom. The van der Waals surface area contributed by atoms with Crippen LogP contribution < -0.4 is 0 Å². The third-order valence-corrected chi connectivity index (χ3v) is 3.90. The Bertz CT molecular complexity index is 398. The van der Waals surface area contributed by atoms with Gasteiger partial charge >= 0.3 is 10.2 Å². The van der Waals surface area contributed by atoms with Gasteiger partial charge in [-0.3, -0.25) is 0 Å². The summed E-state index contributed by atoms with van der Waals surface area (Å²) in [7, 11) is -4.53. The molecule has 1 aromatic rings. The molecule has 0 atom stereocenters. The molecule has 0 amide bonds. The van der Waals surface area contributed by atoms with Crippen molar-refractivity contribution in [3.63, 3.8) is 0 Å². The molecule has 1 rings (SSSR count). The molecule has 0 N–H and O–H groups in total. The van der Waals surface area contributed by atoms with Gasteiger partial charge in [-0.1, -0.05) is 20.8 Å². The number of thiophene rings is 1. The van der Waals surface area contributed by atoms with E-state index >= 15 is 0 Å². The number of rotatable bonds is 1. The molecule has 0 aliphatic rings. The largest absolute Gasteiger partial charge is 0.332 e. The number of hydrogen-bond donors (Lipinski definition) is 0. The molecule has 0 saturated heterocycles. The van der Waals surface area contributed by atoms with Gasteiger partial charge in [0.15, 0.2) is 0 Å². The summed E-state index contributed by atoms with van der Waals surface area (Å²) in [4.78, 5) is 0.631. The lowest BCUT2D eigenvalue weighted by atomic mass is 9.95. The Morgan fingerprint density at radius 3 is 2.15 bits per heavy atom. The highest BCUT2D eigenvalue weighted by Crippen LogP contribution is 2.30. The van der Waals surface area contributed by atoms with Gasteiger partial charge in [0.25, 0.3) is 0 Å². The van der Waals surface area contributed by atoms with Crippen molar-refractivity contribution in [2.75, 3.05) is 0 Å². The average molecular weight is 222 g/mol. The fourth-order valence-corrected chi connectivity index (χ4v) is 2.64. The molecule has 0 saturated carbocycles. The fraction of sp³-hybridized carbons (Fsp3) is 0.500. The molecular formula is C8H11FO2S2. The van der Waals surface area contributed by atoms with Crippen molar-refractivity contribution >= 4 is 21.6 Å². The molecule has 2 nitrogen and oxygen atoms in total. The zero-order valence-electron chi connectivity index (χ0n) is 7.67. The van der Waals surface area contributed by atoms with Crippen LogP contribution in [0, 0.1) is 0 Å². The van der Waals surface area contributed by atoms with Crippen LogP contribution in [-0.4, -0.2) is 8.42 Å². The van der Waals surface area contributed by atoms with E-state index in [1.807, 2.05) is 20.8 Å². The first-order chi connectivity index (χ1) is 5.71. The smallest absolute Gasteiger partial charge is 0.189 e. The zero-order chi connectivity index (χ0) is 10.3. The molecule has 13 heavy (non-hydrogen) atoms. The van der Waals surface area contributed by atoms with Gasteiger partial charge in [0.2, 0.25) is 0 Å². The monoisotopic (exact) mass is 222 g/mol. The SMILES string of the molecule is CC(C)(C)c1cc(S(=O)(=O)F)cs1. The first kappa shape index (κ1) is 10.7. The van der Waals surface area contributed by atoms with Gasteiger partial charge in [0, 0.05) is 10.3 Å². The van der Waals surface area contributed by atoms with E-state index in [0.717, 1.165) is 4.88 Å². The van der Waals surface area contributed by atoms with Crippen molar-refractivity contribution in [3.8, 4) is 0 Å². The van der Waals surface area contributed by atoms with E-state index < -0.39 is 10.2 Å². The van der Waals surface area contributed by atoms with Crippen LogP contribution in [0.2, 0.25) is 0 Å². The van der Waals surface area contributed by atoms with E-state index in [1.165, 1.54) is 22.8 Å². The molecular weight excluding hydrogens is 211 g/mol. The van der Waals surface area contributed by atoms with Crippen LogP contribution >= 0.6 is 11.3 Å². The van der Waals surface area contributed by atoms with Crippen molar-refractivity contribution in [2.24, 2.45) is 0 Å². The van der Waals surface area contributed by atoms with Crippen LogP contribution in [0.4, 0.5) is 3.89 Å². The minimum Gasteiger partial charge on any atom is -0.189 e. The highest BCUT2D eigenvalue weighted by molar-refractivity contribution is 7.86. The highest BCUT2D eigenvalue weighted by Gasteiger charge is 2.20. The second kappa shape index (κ2) is 3.06. The lowest BCUT2D eigenvalue weighted by molar-refractivity contribution is 0.552. The van der Waals surface area contributed by atoms with Gasteiger partial charge in [-0.15, -0.1) is 15.2 Å². The highest BCUT2D eigenvalue weighted by atomic mass is 32.3. The van der Waals surface area contributed by atoms with Gasteiger partial charge in [0.1, 0.15) is 4.90 Å². The third-order valence-electron chi connectivity index (χ3n) is 1.60. The Balaban J connectivity index is 3.16. The molecule has 1 aromatic heterocycles. The second-order valence-corrected chi connectivity index (χ2v) is 6.09. The van der Waals surface area contributed by atoms with Crippen LogP contribution in [0.15, 0.2) is 16.3 Å². The molecule has 5 heteroatoms. The maximum absolute atomic E-state index is 12.5. The van der Waals surface area contributed by atoms with E-state index in [1.54, 1.807) is 0 Å². The quantitative estimate of drug-likeness (QED) is 0.685. The van der Waals surface area contributed by atoms with E-state index in [-0.39, 0.29) is 10.3 Å². The first-order valence-electron chi connectivity index (χ1n) is 3.75. The summed E-state index contributed by atoms with van der Waals surface area (Å²) in [5, 5.41) is 1.33. The summed E-state index contributed by atoms with van der Waals surface area (Å²) in [6.45, 7) is 5.86. The van der Waals surface area contributed by atoms with E-state index in [4.69, 9.17) is 0 Å². The zero-order valence-corrected chi connectivity index (χ0v) is 9.30. The summed E-state index contributed by atoms with van der Waals surface area (Å²) >= 11 is 1.26. The summed E-state index contributed by atoms with van der Waals surface area (Å²) in [6, 6.07) is 1.39. The second-order valence-electron chi connectivity index (χ2n) is 3.83. The molecule has 0 aromatic carbocycles. The maximum Gasteiger partial charge on any atom is 0.332 e. The van der Waals surface area contributed by atoms with Crippen LogP contribution in [0.3, 0.4) is 0 Å². The summed E-state index contributed by atoms with van der Waals surface area (Å²) in [5.74, 6) is 0. The molecule has 74 valence electrons. The standard InChI is InChI=1S/C8H11FO2S2/c1-8(2,3)7-4-6(5-12-7)13(9,10)11/h4-5H,1-3H3. The van der Waals surface area contributed by atoms with Gasteiger partial charge in [-0.25, -0.2) is 0 Å². The minimum absolute atomic E-state index is 0.131. The molecule has 0 spiro atoms. The van der Waals surface area contributed by atoms with Gasteiger partial charge < -0.3 is 0 Å². The fourth-order valence-electron chi connectivity index (χ4n) is 0.840. The lowest BCUT2D eigenvalue weighted by Crippen LogP contribution is -2.08. The Kier molecular flexibility index (Phi) is 2.51. The van der Waals surface area contributed by atoms with Crippen molar-refractivity contribution in [3.05, 3.63) is 16.3 Å². The van der Waals surface area contributed by atoms with Gasteiger partial charge in [-0.05, 0) is 11.5 Å². The summed E-state index contributed by atoms with van der Waals surface area (Å²) < 4.78 is 33.5. The van der Waals surface area contributed by atoms with E-state index in [9.17, 15) is 12.3 Å². The normalized spacial score (nSPS) is 13.2. The Hall–Kier alpha value is -0.420. The predicted molar refractivity (Wildman–Crippen MR) is 51.3 cm³/mol. The molecule has 0 unspecified atom stereocenters. The lowest BCUT2D eigenvalue weighted by Gasteiger charge is -2.14. The van der Waals surface area contributed by atoms with Crippen LogP contribution in [0.25, 0.3) is 0 Å². The minimum atomic E-state index is -4.53. The third kappa shape index (κ3) is 2.51. The molecule has 0 radical (unpaired) electrons.